The second-order valence-electron chi connectivity index (χ2n) is 9.27. The van der Waals surface area contributed by atoms with Crippen LogP contribution in [0.15, 0.2) is 54.7 Å². The summed E-state index contributed by atoms with van der Waals surface area (Å²) in [6.45, 7) is 5.45. The van der Waals surface area contributed by atoms with Crippen molar-refractivity contribution < 1.29 is 9.72 Å². The molecule has 1 fully saturated rings. The van der Waals surface area contributed by atoms with Gasteiger partial charge in [-0.15, -0.1) is 0 Å². The summed E-state index contributed by atoms with van der Waals surface area (Å²) < 4.78 is 0. The molecule has 3 atom stereocenters. The van der Waals surface area contributed by atoms with Crippen LogP contribution in [0.5, 0.6) is 0 Å². The van der Waals surface area contributed by atoms with E-state index < -0.39 is 33.8 Å². The van der Waals surface area contributed by atoms with Crippen LogP contribution in [0, 0.1) is 43.6 Å². The molecule has 2 aliphatic heterocycles. The van der Waals surface area contributed by atoms with Gasteiger partial charge in [0.05, 0.1) is 29.1 Å². The van der Waals surface area contributed by atoms with Gasteiger partial charge in [0.25, 0.3) is 5.69 Å². The smallest absolute Gasteiger partial charge is 0.269 e. The highest BCUT2D eigenvalue weighted by Crippen LogP contribution is 2.60. The molecule has 0 aromatic heterocycles. The van der Waals surface area contributed by atoms with E-state index in [0.29, 0.717) is 5.56 Å². The minimum Gasteiger partial charge on any atom is -0.357 e. The summed E-state index contributed by atoms with van der Waals surface area (Å²) in [5.74, 6) is -0.881. The van der Waals surface area contributed by atoms with Gasteiger partial charge < -0.3 is 4.90 Å². The third kappa shape index (κ3) is 2.98. The van der Waals surface area contributed by atoms with E-state index in [4.69, 9.17) is 0 Å². The SMILES string of the molecule is CC(C)(C)C(=O)[C@H]1[C@H](c2ccc([N+](=O)[O-])cc2)C(C#N)(C#N)[C@@H]2c3ccccc3C=CN21. The quantitative estimate of drug-likeness (QED) is 0.518. The van der Waals surface area contributed by atoms with Crippen molar-refractivity contribution in [2.75, 3.05) is 0 Å². The Morgan fingerprint density at radius 3 is 2.28 bits per heavy atom. The lowest BCUT2D eigenvalue weighted by Gasteiger charge is -2.36. The molecular formula is C25H22N4O3. The van der Waals surface area contributed by atoms with Gasteiger partial charge >= 0.3 is 0 Å². The zero-order valence-electron chi connectivity index (χ0n) is 18.0. The van der Waals surface area contributed by atoms with Gasteiger partial charge in [0.1, 0.15) is 0 Å². The van der Waals surface area contributed by atoms with Crippen molar-refractivity contribution in [2.45, 2.75) is 38.8 Å². The van der Waals surface area contributed by atoms with Crippen molar-refractivity contribution in [2.24, 2.45) is 10.8 Å². The summed E-state index contributed by atoms with van der Waals surface area (Å²) in [7, 11) is 0. The van der Waals surface area contributed by atoms with E-state index in [-0.39, 0.29) is 11.5 Å². The van der Waals surface area contributed by atoms with Crippen LogP contribution < -0.4 is 0 Å². The second kappa shape index (κ2) is 7.32. The first-order valence-electron chi connectivity index (χ1n) is 10.3. The zero-order chi connectivity index (χ0) is 23.3. The Balaban J connectivity index is 1.99. The number of benzene rings is 2. The normalized spacial score (nSPS) is 22.9. The van der Waals surface area contributed by atoms with Crippen molar-refractivity contribution in [3.05, 3.63) is 81.5 Å². The number of nitrogens with zero attached hydrogens (tertiary/aromatic N) is 4. The Labute approximate surface area is 186 Å². The monoisotopic (exact) mass is 426 g/mol. The predicted octanol–water partition coefficient (Wildman–Crippen LogP) is 4.74. The van der Waals surface area contributed by atoms with Crippen LogP contribution >= 0.6 is 0 Å². The maximum Gasteiger partial charge on any atom is 0.269 e. The number of nitro groups is 1. The van der Waals surface area contributed by atoms with Crippen LogP contribution in [0.1, 0.15) is 49.4 Å². The highest BCUT2D eigenvalue weighted by atomic mass is 16.6. The van der Waals surface area contributed by atoms with Gasteiger partial charge in [-0.1, -0.05) is 57.2 Å². The molecule has 0 aliphatic carbocycles. The maximum absolute atomic E-state index is 13.7. The highest BCUT2D eigenvalue weighted by Gasteiger charge is 2.64. The van der Waals surface area contributed by atoms with Crippen LogP contribution in [0.25, 0.3) is 6.08 Å². The van der Waals surface area contributed by atoms with Gasteiger partial charge in [0.15, 0.2) is 11.2 Å². The minimum atomic E-state index is -1.57. The predicted molar refractivity (Wildman–Crippen MR) is 118 cm³/mol. The molecule has 0 N–H and O–H groups in total. The first-order valence-corrected chi connectivity index (χ1v) is 10.3. The molecule has 0 unspecified atom stereocenters. The number of fused-ring (bicyclic) bond motifs is 3. The number of ketones is 1. The molecule has 2 aliphatic rings. The molecule has 0 amide bonds. The number of non-ortho nitro benzene ring substituents is 1. The molecule has 32 heavy (non-hydrogen) atoms. The minimum absolute atomic E-state index is 0.0899. The van der Waals surface area contributed by atoms with Crippen molar-refractivity contribution in [3.63, 3.8) is 0 Å². The summed E-state index contributed by atoms with van der Waals surface area (Å²) >= 11 is 0. The third-order valence-electron chi connectivity index (χ3n) is 6.41. The highest BCUT2D eigenvalue weighted by molar-refractivity contribution is 5.91. The standard InChI is InChI=1S/C25H22N4O3/c1-24(2,3)23(30)21-20(17-8-10-18(11-9-17)29(31)32)25(14-26,15-27)22-19-7-5-4-6-16(19)12-13-28(21)22/h4-13,20-22H,1-3H3/t20-,21+,22-/m0/s1. The van der Waals surface area contributed by atoms with E-state index >= 15 is 0 Å². The first-order chi connectivity index (χ1) is 15.2. The summed E-state index contributed by atoms with van der Waals surface area (Å²) in [4.78, 5) is 26.2. The Bertz CT molecular complexity index is 1200. The molecule has 2 aromatic rings. The Hall–Kier alpha value is -3.97. The molecule has 1 saturated heterocycles. The Kier molecular flexibility index (Phi) is 4.86. The van der Waals surface area contributed by atoms with Crippen molar-refractivity contribution >= 4 is 17.5 Å². The van der Waals surface area contributed by atoms with E-state index in [1.54, 1.807) is 18.3 Å². The summed E-state index contributed by atoms with van der Waals surface area (Å²) in [5.41, 5.74) is -0.110. The number of carbonyl (C=O) groups excluding carboxylic acids is 1. The zero-order valence-corrected chi connectivity index (χ0v) is 18.0. The van der Waals surface area contributed by atoms with E-state index in [1.807, 2.05) is 56.0 Å². The van der Waals surface area contributed by atoms with Gasteiger partial charge in [-0.2, -0.15) is 10.5 Å². The lowest BCUT2D eigenvalue weighted by molar-refractivity contribution is -0.384. The van der Waals surface area contributed by atoms with Gasteiger partial charge in [-0.3, -0.25) is 14.9 Å². The Morgan fingerprint density at radius 1 is 1.09 bits per heavy atom. The van der Waals surface area contributed by atoms with Crippen molar-refractivity contribution in [1.82, 2.24) is 4.90 Å². The molecule has 2 aromatic carbocycles. The van der Waals surface area contributed by atoms with Crippen LogP contribution in [0.2, 0.25) is 0 Å². The third-order valence-corrected chi connectivity index (χ3v) is 6.41. The fourth-order valence-electron chi connectivity index (χ4n) is 4.92. The van der Waals surface area contributed by atoms with Gasteiger partial charge in [0, 0.05) is 29.7 Å². The molecule has 7 nitrogen and oxygen atoms in total. The topological polar surface area (TPSA) is 111 Å². The molecule has 4 rings (SSSR count). The maximum atomic E-state index is 13.7. The number of Topliss-reactive ketones (excluding diaryl/α,β-unsaturated/α-hetero) is 1. The van der Waals surface area contributed by atoms with Gasteiger partial charge in [0.2, 0.25) is 0 Å². The number of hydrogen-bond acceptors (Lipinski definition) is 6. The molecule has 0 saturated carbocycles. The fourth-order valence-corrected chi connectivity index (χ4v) is 4.92. The molecule has 0 spiro atoms. The van der Waals surface area contributed by atoms with E-state index in [2.05, 4.69) is 12.1 Å². The van der Waals surface area contributed by atoms with E-state index in [1.165, 1.54) is 12.1 Å². The Morgan fingerprint density at radius 2 is 1.72 bits per heavy atom. The number of nitriles is 2. The van der Waals surface area contributed by atoms with Crippen LogP contribution in [0.4, 0.5) is 5.69 Å². The summed E-state index contributed by atoms with van der Waals surface area (Å²) in [6, 6.07) is 16.5. The summed E-state index contributed by atoms with van der Waals surface area (Å²) in [5, 5.41) is 32.0. The summed E-state index contributed by atoms with van der Waals surface area (Å²) in [6.07, 6.45) is 3.70. The van der Waals surface area contributed by atoms with Crippen molar-refractivity contribution in [1.29, 1.82) is 10.5 Å². The average Bonchev–Trinajstić information content (AvgIpc) is 3.08. The average molecular weight is 426 g/mol. The molecule has 0 bridgehead atoms. The van der Waals surface area contributed by atoms with Crippen LogP contribution in [0.3, 0.4) is 0 Å². The van der Waals surface area contributed by atoms with Crippen molar-refractivity contribution in [3.8, 4) is 12.1 Å². The molecule has 160 valence electrons. The fraction of sp³-hybridized carbons (Fsp3) is 0.320. The molecule has 2 heterocycles. The number of hydrogen-bond donors (Lipinski definition) is 0. The van der Waals surface area contributed by atoms with Gasteiger partial charge in [-0.25, -0.2) is 0 Å². The lowest BCUT2D eigenvalue weighted by Crippen LogP contribution is -2.43. The van der Waals surface area contributed by atoms with E-state index in [9.17, 15) is 25.4 Å². The molecule has 7 heteroatoms. The largest absolute Gasteiger partial charge is 0.357 e. The van der Waals surface area contributed by atoms with Crippen LogP contribution in [-0.4, -0.2) is 21.6 Å². The van der Waals surface area contributed by atoms with E-state index in [0.717, 1.165) is 11.1 Å². The molecular weight excluding hydrogens is 404 g/mol. The number of rotatable bonds is 3. The van der Waals surface area contributed by atoms with Crippen LogP contribution in [-0.2, 0) is 4.79 Å². The second-order valence-corrected chi connectivity index (χ2v) is 9.27. The van der Waals surface area contributed by atoms with Gasteiger partial charge in [-0.05, 0) is 22.8 Å². The molecule has 0 radical (unpaired) electrons. The number of carbonyl (C=O) groups is 1. The first kappa shape index (κ1) is 21.3. The number of nitro benzene ring substituents is 1. The lowest BCUT2D eigenvalue weighted by atomic mass is 9.66.